The summed E-state index contributed by atoms with van der Waals surface area (Å²) in [5, 5.41) is 26.9. The Kier molecular flexibility index (Phi) is 4.97. The van der Waals surface area contributed by atoms with Gasteiger partial charge in [0.25, 0.3) is 5.69 Å². The summed E-state index contributed by atoms with van der Waals surface area (Å²) in [6, 6.07) is 4.88. The Hall–Kier alpha value is -3.17. The fourth-order valence-corrected chi connectivity index (χ4v) is 3.45. The molecule has 2 aromatic rings. The summed E-state index contributed by atoms with van der Waals surface area (Å²) >= 11 is 0. The topological polar surface area (TPSA) is 109 Å². The summed E-state index contributed by atoms with van der Waals surface area (Å²) < 4.78 is 40.6. The molecule has 1 atom stereocenters. The van der Waals surface area contributed by atoms with Crippen LogP contribution in [0.15, 0.2) is 35.6 Å². The first-order valence-electron chi connectivity index (χ1n) is 8.43. The zero-order valence-electron chi connectivity index (χ0n) is 14.7. The molecule has 0 radical (unpaired) electrons. The molecule has 3 rings (SSSR count). The molecule has 1 aliphatic carbocycles. The van der Waals surface area contributed by atoms with Crippen molar-refractivity contribution in [1.82, 2.24) is 10.2 Å². The number of Topliss-reactive ketones (excluding diaryl/α,β-unsaturated/α-hetero) is 1. The van der Waals surface area contributed by atoms with E-state index in [1.165, 1.54) is 19.1 Å². The number of allylic oxidation sites excluding steroid dienone is 2. The Morgan fingerprint density at radius 2 is 1.89 bits per heavy atom. The Bertz CT molecular complexity index is 961. The number of aliphatic hydroxyl groups excluding tert-OH is 1. The largest absolute Gasteiger partial charge is 0.512 e. The number of hydrogen-bond acceptors (Lipinski definition) is 5. The average molecular weight is 395 g/mol. The lowest BCUT2D eigenvalue weighted by Crippen LogP contribution is -2.22. The summed E-state index contributed by atoms with van der Waals surface area (Å²) in [4.78, 5) is 22.8. The quantitative estimate of drug-likeness (QED) is 0.591. The molecule has 28 heavy (non-hydrogen) atoms. The second kappa shape index (κ2) is 7.10. The van der Waals surface area contributed by atoms with Crippen molar-refractivity contribution in [2.45, 2.75) is 38.3 Å². The van der Waals surface area contributed by atoms with Crippen molar-refractivity contribution in [2.24, 2.45) is 0 Å². The van der Waals surface area contributed by atoms with E-state index < -0.39 is 28.5 Å². The van der Waals surface area contributed by atoms with Crippen LogP contribution in [0.3, 0.4) is 0 Å². The number of ketones is 1. The third-order valence-electron chi connectivity index (χ3n) is 4.71. The average Bonchev–Trinajstić information content (AvgIpc) is 3.00. The molecule has 1 heterocycles. The van der Waals surface area contributed by atoms with Crippen molar-refractivity contribution in [3.63, 3.8) is 0 Å². The Balaban J connectivity index is 2.26. The number of aromatic amines is 1. The van der Waals surface area contributed by atoms with E-state index in [2.05, 4.69) is 10.2 Å². The summed E-state index contributed by atoms with van der Waals surface area (Å²) in [6.45, 7) is 1.39. The monoisotopic (exact) mass is 395 g/mol. The van der Waals surface area contributed by atoms with Crippen LogP contribution in [0.5, 0.6) is 0 Å². The van der Waals surface area contributed by atoms with Gasteiger partial charge >= 0.3 is 6.18 Å². The van der Waals surface area contributed by atoms with Crippen molar-refractivity contribution in [3.05, 3.63) is 68.2 Å². The SMILES string of the molecule is Cc1[nH]nc(C(F)(F)F)c1C(C1=C(O)CCCC1=O)c1ccc([N+](=O)[O-])cc1. The van der Waals surface area contributed by atoms with Gasteiger partial charge in [-0.2, -0.15) is 18.3 Å². The van der Waals surface area contributed by atoms with Gasteiger partial charge in [0, 0.05) is 47.7 Å². The summed E-state index contributed by atoms with van der Waals surface area (Å²) in [5.41, 5.74) is -1.53. The van der Waals surface area contributed by atoms with Gasteiger partial charge in [0.1, 0.15) is 0 Å². The molecule has 1 aliphatic rings. The minimum Gasteiger partial charge on any atom is -0.512 e. The molecule has 0 spiro atoms. The van der Waals surface area contributed by atoms with Gasteiger partial charge in [0.2, 0.25) is 0 Å². The van der Waals surface area contributed by atoms with Gasteiger partial charge in [0.05, 0.1) is 10.7 Å². The van der Waals surface area contributed by atoms with E-state index in [4.69, 9.17) is 0 Å². The maximum Gasteiger partial charge on any atom is 0.435 e. The third kappa shape index (κ3) is 3.49. The van der Waals surface area contributed by atoms with E-state index in [0.717, 1.165) is 12.1 Å². The fraction of sp³-hybridized carbons (Fsp3) is 0.333. The highest BCUT2D eigenvalue weighted by atomic mass is 19.4. The second-order valence-corrected chi connectivity index (χ2v) is 6.53. The molecule has 1 aromatic heterocycles. The van der Waals surface area contributed by atoms with E-state index in [-0.39, 0.29) is 46.7 Å². The number of benzene rings is 1. The van der Waals surface area contributed by atoms with Gasteiger partial charge in [-0.05, 0) is 18.9 Å². The van der Waals surface area contributed by atoms with E-state index >= 15 is 0 Å². The minimum atomic E-state index is -4.78. The van der Waals surface area contributed by atoms with Crippen LogP contribution in [0.4, 0.5) is 18.9 Å². The van der Waals surface area contributed by atoms with Crippen molar-refractivity contribution in [1.29, 1.82) is 0 Å². The van der Waals surface area contributed by atoms with Crippen molar-refractivity contribution < 1.29 is 28.0 Å². The molecule has 0 saturated carbocycles. The zero-order valence-corrected chi connectivity index (χ0v) is 14.7. The molecule has 10 heteroatoms. The Morgan fingerprint density at radius 3 is 2.43 bits per heavy atom. The summed E-state index contributed by atoms with van der Waals surface area (Å²) in [6.07, 6.45) is -4.12. The highest BCUT2D eigenvalue weighted by Crippen LogP contribution is 2.44. The highest BCUT2D eigenvalue weighted by molar-refractivity contribution is 5.99. The minimum absolute atomic E-state index is 0.0920. The predicted octanol–water partition coefficient (Wildman–Crippen LogP) is 4.34. The van der Waals surface area contributed by atoms with Crippen LogP contribution in [0, 0.1) is 17.0 Å². The van der Waals surface area contributed by atoms with E-state index in [0.29, 0.717) is 6.42 Å². The number of carbonyl (C=O) groups is 1. The van der Waals surface area contributed by atoms with Crippen LogP contribution >= 0.6 is 0 Å². The van der Waals surface area contributed by atoms with Crippen LogP contribution < -0.4 is 0 Å². The summed E-state index contributed by atoms with van der Waals surface area (Å²) in [7, 11) is 0. The molecule has 0 saturated heterocycles. The number of nitrogens with zero attached hydrogens (tertiary/aromatic N) is 2. The molecule has 1 aromatic carbocycles. The van der Waals surface area contributed by atoms with Crippen LogP contribution in [0.1, 0.15) is 47.7 Å². The molecule has 2 N–H and O–H groups in total. The molecule has 0 fully saturated rings. The van der Waals surface area contributed by atoms with Crippen molar-refractivity contribution in [3.8, 4) is 0 Å². The lowest BCUT2D eigenvalue weighted by atomic mass is 9.78. The van der Waals surface area contributed by atoms with Crippen LogP contribution in [0.2, 0.25) is 0 Å². The summed E-state index contributed by atoms with van der Waals surface area (Å²) in [5.74, 6) is -1.97. The number of hydrogen-bond donors (Lipinski definition) is 2. The number of halogens is 3. The molecular weight excluding hydrogens is 379 g/mol. The maximum absolute atomic E-state index is 13.5. The Morgan fingerprint density at radius 1 is 1.25 bits per heavy atom. The smallest absolute Gasteiger partial charge is 0.435 e. The number of carbonyl (C=O) groups excluding carboxylic acids is 1. The van der Waals surface area contributed by atoms with Gasteiger partial charge in [-0.3, -0.25) is 20.0 Å². The first kappa shape index (κ1) is 19.6. The maximum atomic E-state index is 13.5. The van der Waals surface area contributed by atoms with Gasteiger partial charge < -0.3 is 5.11 Å². The van der Waals surface area contributed by atoms with Gasteiger partial charge in [-0.15, -0.1) is 0 Å². The predicted molar refractivity (Wildman–Crippen MR) is 91.8 cm³/mol. The molecule has 0 amide bonds. The number of rotatable bonds is 4. The number of H-pyrrole nitrogens is 1. The van der Waals surface area contributed by atoms with Crippen LogP contribution in [-0.4, -0.2) is 26.0 Å². The number of non-ortho nitro benzene ring substituents is 1. The van der Waals surface area contributed by atoms with Gasteiger partial charge in [-0.25, -0.2) is 0 Å². The second-order valence-electron chi connectivity index (χ2n) is 6.53. The molecule has 7 nitrogen and oxygen atoms in total. The van der Waals surface area contributed by atoms with Crippen molar-refractivity contribution in [2.75, 3.05) is 0 Å². The molecular formula is C18H16F3N3O4. The number of aliphatic hydroxyl groups is 1. The number of aryl methyl sites for hydroxylation is 1. The van der Waals surface area contributed by atoms with Crippen molar-refractivity contribution >= 4 is 11.5 Å². The number of aromatic nitrogens is 2. The molecule has 0 bridgehead atoms. The zero-order chi connectivity index (χ0) is 20.6. The van der Waals surface area contributed by atoms with Gasteiger partial charge in [-0.1, -0.05) is 12.1 Å². The van der Waals surface area contributed by atoms with E-state index in [9.17, 15) is 33.2 Å². The number of nitrogens with one attached hydrogen (secondary N) is 1. The fourth-order valence-electron chi connectivity index (χ4n) is 3.45. The Labute approximate surface area is 157 Å². The molecule has 148 valence electrons. The number of nitro benzene ring substituents is 1. The normalized spacial score (nSPS) is 16.4. The third-order valence-corrected chi connectivity index (χ3v) is 4.71. The highest BCUT2D eigenvalue weighted by Gasteiger charge is 2.42. The standard InChI is InChI=1S/C18H16F3N3O4/c1-9-14(17(23-22-9)18(19,20)21)15(16-12(25)3-2-4-13(16)26)10-5-7-11(8-6-10)24(27)28/h5-8,15,25H,2-4H2,1H3,(H,22,23). The molecule has 1 unspecified atom stereocenters. The lowest BCUT2D eigenvalue weighted by molar-refractivity contribution is -0.384. The van der Waals surface area contributed by atoms with E-state index in [1.54, 1.807) is 0 Å². The first-order valence-corrected chi connectivity index (χ1v) is 8.43. The molecule has 0 aliphatic heterocycles. The van der Waals surface area contributed by atoms with Crippen LogP contribution in [-0.2, 0) is 11.0 Å². The number of nitro groups is 1. The van der Waals surface area contributed by atoms with E-state index in [1.807, 2.05) is 0 Å². The van der Waals surface area contributed by atoms with Gasteiger partial charge in [0.15, 0.2) is 11.5 Å². The van der Waals surface area contributed by atoms with Crippen LogP contribution in [0.25, 0.3) is 0 Å². The first-order chi connectivity index (χ1) is 13.1. The lowest BCUT2D eigenvalue weighted by Gasteiger charge is -2.25. The number of alkyl halides is 3.